The minimum atomic E-state index is -0.771. The van der Waals surface area contributed by atoms with Gasteiger partial charge in [-0.05, 0) is 18.6 Å². The number of carbonyl (C=O) groups excluding carboxylic acids is 1. The Morgan fingerprint density at radius 1 is 1.35 bits per heavy atom. The van der Waals surface area contributed by atoms with Gasteiger partial charge in [-0.15, -0.1) is 0 Å². The fourth-order valence-corrected chi connectivity index (χ4v) is 1.97. The van der Waals surface area contributed by atoms with Crippen LogP contribution in [-0.4, -0.2) is 5.97 Å². The first kappa shape index (κ1) is 11.4. The smallest absolute Gasteiger partial charge is 0.331 e. The summed E-state index contributed by atoms with van der Waals surface area (Å²) in [5.41, 5.74) is 1.16. The van der Waals surface area contributed by atoms with E-state index in [4.69, 9.17) is 4.74 Å². The van der Waals surface area contributed by atoms with E-state index < -0.39 is 11.6 Å². The van der Waals surface area contributed by atoms with Crippen molar-refractivity contribution in [1.29, 1.82) is 0 Å². The number of allylic oxidation sites excluding steroid dienone is 2. The summed E-state index contributed by atoms with van der Waals surface area (Å²) in [6.45, 7) is 5.38. The third kappa shape index (κ3) is 1.94. The Morgan fingerprint density at radius 3 is 2.59 bits per heavy atom. The first-order chi connectivity index (χ1) is 8.19. The Bertz CT molecular complexity index is 497. The van der Waals surface area contributed by atoms with Crippen LogP contribution in [0.2, 0.25) is 0 Å². The van der Waals surface area contributed by atoms with E-state index in [-0.39, 0.29) is 0 Å². The van der Waals surface area contributed by atoms with Gasteiger partial charge in [0, 0.05) is 11.6 Å². The Hall–Kier alpha value is -2.09. The van der Waals surface area contributed by atoms with Gasteiger partial charge in [0.1, 0.15) is 0 Å². The number of hydrogen-bond acceptors (Lipinski definition) is 2. The summed E-state index contributed by atoms with van der Waals surface area (Å²) in [6.07, 6.45) is 6.92. The summed E-state index contributed by atoms with van der Waals surface area (Å²) in [5.74, 6) is -0.423. The molecule has 17 heavy (non-hydrogen) atoms. The molecule has 0 saturated carbocycles. The van der Waals surface area contributed by atoms with Crippen LogP contribution in [0.5, 0.6) is 0 Å². The molecule has 0 aromatic heterocycles. The van der Waals surface area contributed by atoms with Gasteiger partial charge >= 0.3 is 5.97 Å². The van der Waals surface area contributed by atoms with E-state index in [9.17, 15) is 4.79 Å². The third-order valence-corrected chi connectivity index (χ3v) is 2.89. The highest BCUT2D eigenvalue weighted by Gasteiger charge is 2.37. The van der Waals surface area contributed by atoms with Gasteiger partial charge in [-0.25, -0.2) is 4.79 Å². The van der Waals surface area contributed by atoms with Crippen LogP contribution in [0.1, 0.15) is 12.5 Å². The molecule has 0 fully saturated rings. The lowest BCUT2D eigenvalue weighted by molar-refractivity contribution is -0.146. The SMILES string of the molecule is C=CC(=O)OC1(c2ccccc2)C=CC=C1C. The number of rotatable bonds is 3. The average molecular weight is 226 g/mol. The topological polar surface area (TPSA) is 26.3 Å². The van der Waals surface area contributed by atoms with Crippen LogP contribution in [0.15, 0.2) is 66.8 Å². The molecule has 0 saturated heterocycles. The molecule has 1 atom stereocenters. The molecular formula is C15H14O2. The number of carbonyl (C=O) groups is 1. The summed E-state index contributed by atoms with van der Waals surface area (Å²) in [5, 5.41) is 0. The molecule has 1 aromatic rings. The third-order valence-electron chi connectivity index (χ3n) is 2.89. The predicted molar refractivity (Wildman–Crippen MR) is 67.3 cm³/mol. The second kappa shape index (κ2) is 4.42. The summed E-state index contributed by atoms with van der Waals surface area (Å²) >= 11 is 0. The van der Waals surface area contributed by atoms with Crippen LogP contribution >= 0.6 is 0 Å². The van der Waals surface area contributed by atoms with Crippen molar-refractivity contribution in [2.45, 2.75) is 12.5 Å². The summed E-state index contributed by atoms with van der Waals surface area (Å²) in [7, 11) is 0. The zero-order chi connectivity index (χ0) is 12.3. The average Bonchev–Trinajstić information content (AvgIpc) is 2.73. The van der Waals surface area contributed by atoms with Gasteiger partial charge in [0.25, 0.3) is 0 Å². The second-order valence-electron chi connectivity index (χ2n) is 3.94. The van der Waals surface area contributed by atoms with Crippen molar-refractivity contribution in [3.05, 3.63) is 72.4 Å². The number of esters is 1. The largest absolute Gasteiger partial charge is 0.442 e. The highest BCUT2D eigenvalue weighted by molar-refractivity contribution is 5.82. The second-order valence-corrected chi connectivity index (χ2v) is 3.94. The van der Waals surface area contributed by atoms with Gasteiger partial charge in [-0.3, -0.25) is 0 Å². The Labute approximate surface area is 101 Å². The fourth-order valence-electron chi connectivity index (χ4n) is 1.97. The first-order valence-corrected chi connectivity index (χ1v) is 5.46. The zero-order valence-corrected chi connectivity index (χ0v) is 9.72. The van der Waals surface area contributed by atoms with Gasteiger partial charge in [-0.1, -0.05) is 49.1 Å². The van der Waals surface area contributed by atoms with Crippen molar-refractivity contribution < 1.29 is 9.53 Å². The van der Waals surface area contributed by atoms with Gasteiger partial charge in [0.15, 0.2) is 5.60 Å². The first-order valence-electron chi connectivity index (χ1n) is 5.46. The molecule has 1 unspecified atom stereocenters. The molecule has 0 amide bonds. The standard InChI is InChI=1S/C15H14O2/c1-3-14(16)17-15(11-7-8-12(15)2)13-9-5-4-6-10-13/h3-11H,1H2,2H3. The van der Waals surface area contributed by atoms with Crippen molar-refractivity contribution in [3.8, 4) is 0 Å². The minimum absolute atomic E-state index is 0.423. The molecular weight excluding hydrogens is 212 g/mol. The Kier molecular flexibility index (Phi) is 2.96. The predicted octanol–water partition coefficient (Wildman–Crippen LogP) is 3.13. The van der Waals surface area contributed by atoms with E-state index in [1.807, 2.05) is 55.5 Å². The van der Waals surface area contributed by atoms with Gasteiger partial charge in [-0.2, -0.15) is 0 Å². The summed E-state index contributed by atoms with van der Waals surface area (Å²) in [6, 6.07) is 9.69. The van der Waals surface area contributed by atoms with Crippen molar-refractivity contribution >= 4 is 5.97 Å². The van der Waals surface area contributed by atoms with Crippen molar-refractivity contribution in [2.24, 2.45) is 0 Å². The summed E-state index contributed by atoms with van der Waals surface area (Å²) in [4.78, 5) is 11.5. The molecule has 0 spiro atoms. The lowest BCUT2D eigenvalue weighted by Crippen LogP contribution is -2.29. The molecule has 0 heterocycles. The molecule has 1 aliphatic carbocycles. The molecule has 2 heteroatoms. The lowest BCUT2D eigenvalue weighted by atomic mass is 9.89. The van der Waals surface area contributed by atoms with Gasteiger partial charge < -0.3 is 4.74 Å². The van der Waals surface area contributed by atoms with Crippen LogP contribution in [0.4, 0.5) is 0 Å². The Balaban J connectivity index is 2.46. The maximum absolute atomic E-state index is 11.5. The lowest BCUT2D eigenvalue weighted by Gasteiger charge is -2.29. The van der Waals surface area contributed by atoms with E-state index >= 15 is 0 Å². The van der Waals surface area contributed by atoms with Crippen LogP contribution < -0.4 is 0 Å². The molecule has 1 aliphatic rings. The van der Waals surface area contributed by atoms with Crippen molar-refractivity contribution in [2.75, 3.05) is 0 Å². The molecule has 1 aromatic carbocycles. The zero-order valence-electron chi connectivity index (χ0n) is 9.72. The van der Waals surface area contributed by atoms with E-state index in [0.29, 0.717) is 0 Å². The number of hydrogen-bond donors (Lipinski definition) is 0. The molecule has 0 radical (unpaired) electrons. The molecule has 2 nitrogen and oxygen atoms in total. The quantitative estimate of drug-likeness (QED) is 0.584. The molecule has 0 bridgehead atoms. The van der Waals surface area contributed by atoms with Crippen LogP contribution in [0.3, 0.4) is 0 Å². The highest BCUT2D eigenvalue weighted by Crippen LogP contribution is 2.38. The van der Waals surface area contributed by atoms with E-state index in [1.54, 1.807) is 0 Å². The maximum atomic E-state index is 11.5. The number of benzene rings is 1. The van der Waals surface area contributed by atoms with Crippen LogP contribution in [-0.2, 0) is 15.1 Å². The van der Waals surface area contributed by atoms with E-state index in [2.05, 4.69) is 6.58 Å². The molecule has 0 aliphatic heterocycles. The van der Waals surface area contributed by atoms with Gasteiger partial charge in [0.05, 0.1) is 0 Å². The Morgan fingerprint density at radius 2 is 2.06 bits per heavy atom. The molecule has 0 N–H and O–H groups in total. The molecule has 86 valence electrons. The minimum Gasteiger partial charge on any atom is -0.442 e. The molecule has 2 rings (SSSR count). The monoisotopic (exact) mass is 226 g/mol. The fraction of sp³-hybridized carbons (Fsp3) is 0.133. The van der Waals surface area contributed by atoms with Crippen molar-refractivity contribution in [1.82, 2.24) is 0 Å². The summed E-state index contributed by atoms with van der Waals surface area (Å²) < 4.78 is 5.53. The van der Waals surface area contributed by atoms with E-state index in [0.717, 1.165) is 11.1 Å². The van der Waals surface area contributed by atoms with Crippen LogP contribution in [0.25, 0.3) is 0 Å². The van der Waals surface area contributed by atoms with Gasteiger partial charge in [0.2, 0.25) is 0 Å². The number of ether oxygens (including phenoxy) is 1. The van der Waals surface area contributed by atoms with Crippen molar-refractivity contribution in [3.63, 3.8) is 0 Å². The highest BCUT2D eigenvalue weighted by atomic mass is 16.6. The maximum Gasteiger partial charge on any atom is 0.331 e. The normalized spacial score (nSPS) is 22.1. The van der Waals surface area contributed by atoms with E-state index in [1.165, 1.54) is 6.08 Å². The van der Waals surface area contributed by atoms with Crippen LogP contribution in [0, 0.1) is 0 Å².